The fourth-order valence-electron chi connectivity index (χ4n) is 4.36. The topological polar surface area (TPSA) is 49.6 Å². The Hall–Kier alpha value is -2.14. The molecule has 0 saturated carbocycles. The first-order valence-corrected chi connectivity index (χ1v) is 9.70. The first kappa shape index (κ1) is 17.3. The summed E-state index contributed by atoms with van der Waals surface area (Å²) in [6, 6.07) is 12.6. The third-order valence-electron chi connectivity index (χ3n) is 5.63. The fourth-order valence-corrected chi connectivity index (χ4v) is 4.36. The van der Waals surface area contributed by atoms with E-state index >= 15 is 0 Å². The quantitative estimate of drug-likeness (QED) is 0.843. The van der Waals surface area contributed by atoms with Crippen molar-refractivity contribution in [3.05, 3.63) is 53.4 Å². The molecule has 5 nitrogen and oxygen atoms in total. The zero-order valence-electron chi connectivity index (χ0n) is 15.4. The van der Waals surface area contributed by atoms with Crippen LogP contribution in [0.4, 0.5) is 0 Å². The molecular formula is C21H27N3O2. The Balaban J connectivity index is 1.42. The molecule has 4 rings (SSSR count). The predicted molar refractivity (Wildman–Crippen MR) is 99.4 cm³/mol. The van der Waals surface area contributed by atoms with E-state index in [-0.39, 0.29) is 12.0 Å². The van der Waals surface area contributed by atoms with Crippen LogP contribution in [0.25, 0.3) is 0 Å². The third kappa shape index (κ3) is 3.68. The number of piperidine rings is 1. The lowest BCUT2D eigenvalue weighted by molar-refractivity contribution is -0.138. The lowest BCUT2D eigenvalue weighted by Crippen LogP contribution is -2.44. The molecule has 2 fully saturated rings. The minimum Gasteiger partial charge on any atom is -0.361 e. The van der Waals surface area contributed by atoms with Crippen LogP contribution in [0.3, 0.4) is 0 Å². The molecular weight excluding hydrogens is 326 g/mol. The SMILES string of the molecule is Cc1cc([C@@H]2CCCN2C(=O)[C@H]2CCCN(Cc3ccccc3)C2)no1. The summed E-state index contributed by atoms with van der Waals surface area (Å²) in [6.07, 6.45) is 4.11. The Kier molecular flexibility index (Phi) is 5.07. The normalized spacial score (nSPS) is 24.1. The molecule has 2 atom stereocenters. The van der Waals surface area contributed by atoms with Crippen molar-refractivity contribution >= 4 is 5.91 Å². The van der Waals surface area contributed by atoms with Crippen molar-refractivity contribution in [3.63, 3.8) is 0 Å². The first-order chi connectivity index (χ1) is 12.7. The molecule has 0 aliphatic carbocycles. The fraction of sp³-hybridized carbons (Fsp3) is 0.524. The van der Waals surface area contributed by atoms with Crippen LogP contribution in [0.2, 0.25) is 0 Å². The highest BCUT2D eigenvalue weighted by Crippen LogP contribution is 2.34. The van der Waals surface area contributed by atoms with Crippen molar-refractivity contribution < 1.29 is 9.32 Å². The van der Waals surface area contributed by atoms with Gasteiger partial charge in [-0.3, -0.25) is 9.69 Å². The zero-order valence-corrected chi connectivity index (χ0v) is 15.4. The summed E-state index contributed by atoms with van der Waals surface area (Å²) in [5.41, 5.74) is 2.23. The highest BCUT2D eigenvalue weighted by Gasteiger charge is 2.37. The van der Waals surface area contributed by atoms with Crippen LogP contribution < -0.4 is 0 Å². The summed E-state index contributed by atoms with van der Waals surface area (Å²) in [7, 11) is 0. The highest BCUT2D eigenvalue weighted by atomic mass is 16.5. The lowest BCUT2D eigenvalue weighted by Gasteiger charge is -2.35. The number of hydrogen-bond donors (Lipinski definition) is 0. The maximum absolute atomic E-state index is 13.2. The van der Waals surface area contributed by atoms with Gasteiger partial charge < -0.3 is 9.42 Å². The van der Waals surface area contributed by atoms with Crippen molar-refractivity contribution in [2.75, 3.05) is 19.6 Å². The summed E-state index contributed by atoms with van der Waals surface area (Å²) < 4.78 is 5.24. The van der Waals surface area contributed by atoms with Gasteiger partial charge >= 0.3 is 0 Å². The number of carbonyl (C=O) groups excluding carboxylic acids is 1. The molecule has 2 aliphatic heterocycles. The summed E-state index contributed by atoms with van der Waals surface area (Å²) in [6.45, 7) is 5.60. The van der Waals surface area contributed by atoms with Crippen molar-refractivity contribution in [3.8, 4) is 0 Å². The molecule has 2 saturated heterocycles. The molecule has 5 heteroatoms. The number of aromatic nitrogens is 1. The minimum atomic E-state index is 0.0875. The maximum Gasteiger partial charge on any atom is 0.227 e. The first-order valence-electron chi connectivity index (χ1n) is 9.70. The number of hydrogen-bond acceptors (Lipinski definition) is 4. The van der Waals surface area contributed by atoms with Gasteiger partial charge in [0.05, 0.1) is 12.0 Å². The number of aryl methyl sites for hydroxylation is 1. The number of carbonyl (C=O) groups is 1. The van der Waals surface area contributed by atoms with Gasteiger partial charge in [-0.25, -0.2) is 0 Å². The Bertz CT molecular complexity index is 743. The van der Waals surface area contributed by atoms with Gasteiger partial charge in [0.2, 0.25) is 5.91 Å². The van der Waals surface area contributed by atoms with E-state index in [0.717, 1.165) is 63.3 Å². The van der Waals surface area contributed by atoms with Crippen molar-refractivity contribution in [1.82, 2.24) is 15.0 Å². The van der Waals surface area contributed by atoms with Gasteiger partial charge in [-0.1, -0.05) is 35.5 Å². The predicted octanol–water partition coefficient (Wildman–Crippen LogP) is 3.56. The van der Waals surface area contributed by atoms with Crippen LogP contribution in [-0.4, -0.2) is 40.5 Å². The minimum absolute atomic E-state index is 0.0875. The molecule has 2 aliphatic rings. The Labute approximate surface area is 155 Å². The van der Waals surface area contributed by atoms with Gasteiger partial charge in [-0.2, -0.15) is 0 Å². The summed E-state index contributed by atoms with van der Waals surface area (Å²) in [4.78, 5) is 17.7. The molecule has 0 radical (unpaired) electrons. The highest BCUT2D eigenvalue weighted by molar-refractivity contribution is 5.80. The van der Waals surface area contributed by atoms with Gasteiger partial charge in [0.15, 0.2) is 0 Å². The largest absolute Gasteiger partial charge is 0.361 e. The molecule has 1 amide bonds. The summed E-state index contributed by atoms with van der Waals surface area (Å²) >= 11 is 0. The van der Waals surface area contributed by atoms with E-state index in [2.05, 4.69) is 34.3 Å². The second-order valence-electron chi connectivity index (χ2n) is 7.61. The monoisotopic (exact) mass is 353 g/mol. The Morgan fingerprint density at radius 1 is 1.19 bits per heavy atom. The van der Waals surface area contributed by atoms with Crippen LogP contribution in [0.1, 0.15) is 48.7 Å². The Morgan fingerprint density at radius 3 is 2.77 bits per heavy atom. The van der Waals surface area contributed by atoms with Gasteiger partial charge in [0.1, 0.15) is 11.5 Å². The zero-order chi connectivity index (χ0) is 17.9. The van der Waals surface area contributed by atoms with Crippen molar-refractivity contribution in [1.29, 1.82) is 0 Å². The van der Waals surface area contributed by atoms with Crippen LogP contribution in [0.15, 0.2) is 40.9 Å². The number of likely N-dealkylation sites (tertiary alicyclic amines) is 2. The lowest BCUT2D eigenvalue weighted by atomic mass is 9.95. The van der Waals surface area contributed by atoms with Crippen LogP contribution in [0.5, 0.6) is 0 Å². The van der Waals surface area contributed by atoms with Crippen LogP contribution in [-0.2, 0) is 11.3 Å². The number of benzene rings is 1. The van der Waals surface area contributed by atoms with E-state index in [9.17, 15) is 4.79 Å². The molecule has 0 unspecified atom stereocenters. The van der Waals surface area contributed by atoms with E-state index in [4.69, 9.17) is 4.52 Å². The molecule has 3 heterocycles. The van der Waals surface area contributed by atoms with E-state index in [1.807, 2.05) is 24.0 Å². The van der Waals surface area contributed by atoms with Gasteiger partial charge in [-0.15, -0.1) is 0 Å². The standard InChI is InChI=1S/C21H27N3O2/c1-16-13-19(22-26-16)20-10-6-12-24(20)21(25)18-9-5-11-23(15-18)14-17-7-3-2-4-8-17/h2-4,7-8,13,18,20H,5-6,9-12,14-15H2,1H3/t18-,20-/m0/s1. The average Bonchev–Trinajstić information content (AvgIpc) is 3.31. The molecule has 0 bridgehead atoms. The molecule has 1 aromatic carbocycles. The van der Waals surface area contributed by atoms with E-state index in [1.54, 1.807) is 0 Å². The number of rotatable bonds is 4. The smallest absolute Gasteiger partial charge is 0.227 e. The molecule has 0 N–H and O–H groups in total. The van der Waals surface area contributed by atoms with E-state index < -0.39 is 0 Å². The summed E-state index contributed by atoms with van der Waals surface area (Å²) in [5, 5.41) is 4.17. The van der Waals surface area contributed by atoms with Gasteiger partial charge in [0, 0.05) is 25.7 Å². The molecule has 2 aromatic rings. The number of amides is 1. The molecule has 26 heavy (non-hydrogen) atoms. The maximum atomic E-state index is 13.2. The van der Waals surface area contributed by atoms with E-state index in [0.29, 0.717) is 5.91 Å². The van der Waals surface area contributed by atoms with Crippen LogP contribution in [0, 0.1) is 12.8 Å². The van der Waals surface area contributed by atoms with E-state index in [1.165, 1.54) is 5.56 Å². The third-order valence-corrected chi connectivity index (χ3v) is 5.63. The summed E-state index contributed by atoms with van der Waals surface area (Å²) in [5.74, 6) is 1.21. The van der Waals surface area contributed by atoms with Gasteiger partial charge in [-0.05, 0) is 44.7 Å². The van der Waals surface area contributed by atoms with Crippen molar-refractivity contribution in [2.45, 2.75) is 45.2 Å². The second-order valence-corrected chi connectivity index (χ2v) is 7.61. The molecule has 138 valence electrons. The van der Waals surface area contributed by atoms with Crippen molar-refractivity contribution in [2.24, 2.45) is 5.92 Å². The molecule has 0 spiro atoms. The van der Waals surface area contributed by atoms with Gasteiger partial charge in [0.25, 0.3) is 0 Å². The second kappa shape index (κ2) is 7.62. The van der Waals surface area contributed by atoms with Crippen LogP contribution >= 0.6 is 0 Å². The Morgan fingerprint density at radius 2 is 2.00 bits per heavy atom. The molecule has 1 aromatic heterocycles. The number of nitrogens with zero attached hydrogens (tertiary/aromatic N) is 3. The average molecular weight is 353 g/mol.